The van der Waals surface area contributed by atoms with E-state index in [0.717, 1.165) is 17.4 Å². The Kier molecular flexibility index (Phi) is 8.22. The van der Waals surface area contributed by atoms with Gasteiger partial charge in [0, 0.05) is 13.6 Å². The first-order chi connectivity index (χ1) is 14.2. The van der Waals surface area contributed by atoms with E-state index in [1.54, 1.807) is 7.05 Å². The molecule has 0 saturated carbocycles. The number of carbonyl (C=O) groups is 2. The number of nitrogens with one attached hydrogen (secondary N) is 1. The molecule has 0 spiro atoms. The van der Waals surface area contributed by atoms with Crippen molar-refractivity contribution >= 4 is 33.5 Å². The number of carbonyl (C=O) groups excluding carboxylic acids is 2. The van der Waals surface area contributed by atoms with Gasteiger partial charge in [-0.1, -0.05) is 23.7 Å². The van der Waals surface area contributed by atoms with E-state index in [4.69, 9.17) is 21.1 Å². The van der Waals surface area contributed by atoms with Crippen molar-refractivity contribution in [3.05, 3.63) is 58.6 Å². The second kappa shape index (κ2) is 10.4. The van der Waals surface area contributed by atoms with Gasteiger partial charge in [0.1, 0.15) is 5.75 Å². The van der Waals surface area contributed by atoms with Gasteiger partial charge in [0.2, 0.25) is 10.0 Å². The number of hydrogen-bond donors (Lipinski definition) is 1. The van der Waals surface area contributed by atoms with E-state index in [1.165, 1.54) is 24.1 Å². The van der Waals surface area contributed by atoms with Crippen molar-refractivity contribution < 1.29 is 27.5 Å². The molecule has 0 aliphatic rings. The third kappa shape index (κ3) is 6.19. The molecule has 2 aromatic carbocycles. The Balaban J connectivity index is 1.98. The Labute approximate surface area is 180 Å². The highest BCUT2D eigenvalue weighted by Crippen LogP contribution is 2.21. The standard InChI is InChI=1S/C20H23ClN2O6S/c1-4-28-15-7-5-14(6-8-15)12-23(3)19(24)13-29-20(25)17-11-16(9-10-18(17)21)30(26,27)22-2/h5-11,22H,4,12-13H2,1-3H3. The molecule has 162 valence electrons. The highest BCUT2D eigenvalue weighted by atomic mass is 35.5. The lowest BCUT2D eigenvalue weighted by Gasteiger charge is -2.17. The fourth-order valence-electron chi connectivity index (χ4n) is 2.48. The fourth-order valence-corrected chi connectivity index (χ4v) is 3.43. The van der Waals surface area contributed by atoms with Crippen LogP contribution in [0.2, 0.25) is 5.02 Å². The van der Waals surface area contributed by atoms with Crippen LogP contribution in [-0.2, 0) is 26.1 Å². The summed E-state index contributed by atoms with van der Waals surface area (Å²) in [5, 5.41) is 0.0187. The van der Waals surface area contributed by atoms with E-state index in [0.29, 0.717) is 13.2 Å². The molecule has 0 bridgehead atoms. The van der Waals surface area contributed by atoms with E-state index in [1.807, 2.05) is 31.2 Å². The van der Waals surface area contributed by atoms with Crippen LogP contribution in [0.4, 0.5) is 0 Å². The number of benzene rings is 2. The number of amides is 1. The van der Waals surface area contributed by atoms with Gasteiger partial charge in [-0.05, 0) is 49.9 Å². The summed E-state index contributed by atoms with van der Waals surface area (Å²) in [6.07, 6.45) is 0. The monoisotopic (exact) mass is 454 g/mol. The molecule has 0 aliphatic heterocycles. The lowest BCUT2D eigenvalue weighted by atomic mass is 10.2. The number of nitrogens with zero attached hydrogens (tertiary/aromatic N) is 1. The minimum absolute atomic E-state index is 0.0187. The molecule has 0 aliphatic carbocycles. The second-order valence-corrected chi connectivity index (χ2v) is 8.55. The minimum atomic E-state index is -3.76. The van der Waals surface area contributed by atoms with Crippen LogP contribution >= 0.6 is 11.6 Å². The lowest BCUT2D eigenvalue weighted by molar-refractivity contribution is -0.133. The highest BCUT2D eigenvalue weighted by Gasteiger charge is 2.20. The number of hydrogen-bond acceptors (Lipinski definition) is 6. The van der Waals surface area contributed by atoms with Gasteiger partial charge in [0.05, 0.1) is 22.1 Å². The molecule has 0 atom stereocenters. The molecule has 1 amide bonds. The summed E-state index contributed by atoms with van der Waals surface area (Å²) in [7, 11) is -0.924. The molecule has 0 aromatic heterocycles. The first kappa shape index (κ1) is 23.7. The van der Waals surface area contributed by atoms with Gasteiger partial charge in [0.15, 0.2) is 6.61 Å². The normalized spacial score (nSPS) is 11.1. The van der Waals surface area contributed by atoms with Crippen LogP contribution in [0.3, 0.4) is 0 Å². The van der Waals surface area contributed by atoms with Crippen molar-refractivity contribution in [2.24, 2.45) is 0 Å². The largest absolute Gasteiger partial charge is 0.494 e. The summed E-state index contributed by atoms with van der Waals surface area (Å²) in [4.78, 5) is 25.9. The van der Waals surface area contributed by atoms with Crippen molar-refractivity contribution in [2.75, 3.05) is 27.3 Å². The SMILES string of the molecule is CCOc1ccc(CN(C)C(=O)COC(=O)c2cc(S(=O)(=O)NC)ccc2Cl)cc1. The molecule has 30 heavy (non-hydrogen) atoms. The zero-order chi connectivity index (χ0) is 22.3. The number of likely N-dealkylation sites (N-methyl/N-ethyl adjacent to an activating group) is 1. The molecule has 0 heterocycles. The van der Waals surface area contributed by atoms with Crippen LogP contribution in [0.15, 0.2) is 47.4 Å². The average molecular weight is 455 g/mol. The third-order valence-electron chi connectivity index (χ3n) is 4.14. The second-order valence-electron chi connectivity index (χ2n) is 6.25. The third-order valence-corrected chi connectivity index (χ3v) is 5.88. The molecule has 0 fully saturated rings. The number of rotatable bonds is 9. The van der Waals surface area contributed by atoms with Gasteiger partial charge in [-0.2, -0.15) is 0 Å². The van der Waals surface area contributed by atoms with E-state index in [-0.39, 0.29) is 15.5 Å². The molecule has 0 radical (unpaired) electrons. The molecule has 0 unspecified atom stereocenters. The predicted molar refractivity (Wildman–Crippen MR) is 112 cm³/mol. The zero-order valence-corrected chi connectivity index (χ0v) is 18.4. The van der Waals surface area contributed by atoms with Gasteiger partial charge in [-0.15, -0.1) is 0 Å². The van der Waals surface area contributed by atoms with Gasteiger partial charge in [-0.25, -0.2) is 17.9 Å². The van der Waals surface area contributed by atoms with Crippen LogP contribution in [-0.4, -0.2) is 52.5 Å². The smallest absolute Gasteiger partial charge is 0.340 e. The maximum atomic E-state index is 12.3. The maximum absolute atomic E-state index is 12.3. The van der Waals surface area contributed by atoms with E-state index >= 15 is 0 Å². The van der Waals surface area contributed by atoms with Crippen molar-refractivity contribution in [3.63, 3.8) is 0 Å². The summed E-state index contributed by atoms with van der Waals surface area (Å²) < 4.78 is 36.4. The zero-order valence-electron chi connectivity index (χ0n) is 16.8. The summed E-state index contributed by atoms with van der Waals surface area (Å²) in [6.45, 7) is 2.27. The number of halogens is 1. The van der Waals surface area contributed by atoms with Gasteiger partial charge in [0.25, 0.3) is 5.91 Å². The topological polar surface area (TPSA) is 102 Å². The molecule has 10 heteroatoms. The number of esters is 1. The predicted octanol–water partition coefficient (Wildman–Crippen LogP) is 2.46. The molecular weight excluding hydrogens is 432 g/mol. The van der Waals surface area contributed by atoms with E-state index in [9.17, 15) is 18.0 Å². The van der Waals surface area contributed by atoms with Crippen molar-refractivity contribution in [2.45, 2.75) is 18.4 Å². The summed E-state index contributed by atoms with van der Waals surface area (Å²) >= 11 is 5.98. The van der Waals surface area contributed by atoms with E-state index < -0.39 is 28.5 Å². The number of ether oxygens (including phenoxy) is 2. The number of sulfonamides is 1. The minimum Gasteiger partial charge on any atom is -0.494 e. The molecule has 2 rings (SSSR count). The molecule has 1 N–H and O–H groups in total. The molecular formula is C20H23ClN2O6S. The van der Waals surface area contributed by atoms with Crippen molar-refractivity contribution in [1.29, 1.82) is 0 Å². The van der Waals surface area contributed by atoms with Crippen LogP contribution in [0.5, 0.6) is 5.75 Å². The van der Waals surface area contributed by atoms with Crippen LogP contribution in [0, 0.1) is 0 Å². The maximum Gasteiger partial charge on any atom is 0.340 e. The van der Waals surface area contributed by atoms with E-state index in [2.05, 4.69) is 4.72 Å². The lowest BCUT2D eigenvalue weighted by Crippen LogP contribution is -2.30. The summed E-state index contributed by atoms with van der Waals surface area (Å²) in [5.41, 5.74) is 0.739. The Morgan fingerprint density at radius 2 is 1.80 bits per heavy atom. The Morgan fingerprint density at radius 1 is 1.13 bits per heavy atom. The van der Waals surface area contributed by atoms with Crippen molar-refractivity contribution in [3.8, 4) is 5.75 Å². The Morgan fingerprint density at radius 3 is 2.40 bits per heavy atom. The van der Waals surface area contributed by atoms with Crippen molar-refractivity contribution in [1.82, 2.24) is 9.62 Å². The fraction of sp³-hybridized carbons (Fsp3) is 0.300. The summed E-state index contributed by atoms with van der Waals surface area (Å²) in [5.74, 6) is -0.577. The van der Waals surface area contributed by atoms with Gasteiger partial charge < -0.3 is 14.4 Å². The summed E-state index contributed by atoms with van der Waals surface area (Å²) in [6, 6.07) is 11.0. The Bertz CT molecular complexity index is 1010. The van der Waals surface area contributed by atoms with Crippen LogP contribution in [0.1, 0.15) is 22.8 Å². The molecule has 0 saturated heterocycles. The Hall–Kier alpha value is -2.62. The average Bonchev–Trinajstić information content (AvgIpc) is 2.73. The van der Waals surface area contributed by atoms with Crippen LogP contribution < -0.4 is 9.46 Å². The van der Waals surface area contributed by atoms with Gasteiger partial charge >= 0.3 is 5.97 Å². The highest BCUT2D eigenvalue weighted by molar-refractivity contribution is 7.89. The first-order valence-electron chi connectivity index (χ1n) is 9.04. The quantitative estimate of drug-likeness (QED) is 0.584. The van der Waals surface area contributed by atoms with Crippen LogP contribution in [0.25, 0.3) is 0 Å². The van der Waals surface area contributed by atoms with Gasteiger partial charge in [-0.3, -0.25) is 4.79 Å². The molecule has 8 nitrogen and oxygen atoms in total. The first-order valence-corrected chi connectivity index (χ1v) is 10.9. The molecule has 2 aromatic rings.